The number of sulfone groups is 1. The lowest BCUT2D eigenvalue weighted by molar-refractivity contribution is 0.510. The van der Waals surface area contributed by atoms with Gasteiger partial charge in [-0.25, -0.2) is 8.42 Å². The molecule has 1 aliphatic carbocycles. The summed E-state index contributed by atoms with van der Waals surface area (Å²) >= 11 is 0. The normalized spacial score (nSPS) is 22.8. The van der Waals surface area contributed by atoms with Crippen LogP contribution in [0.15, 0.2) is 11.6 Å². The minimum absolute atomic E-state index is 0.251. The molecule has 0 atom stereocenters. The highest BCUT2D eigenvalue weighted by atomic mass is 32.2. The van der Waals surface area contributed by atoms with Crippen LogP contribution in [0.1, 0.15) is 39.0 Å². The second-order valence-corrected chi connectivity index (χ2v) is 6.70. The third-order valence-corrected chi connectivity index (χ3v) is 4.71. The highest BCUT2D eigenvalue weighted by Gasteiger charge is 2.12. The molecule has 1 rings (SSSR count). The number of nitrogens with two attached hydrogens (primary N) is 1. The van der Waals surface area contributed by atoms with E-state index in [0.29, 0.717) is 18.2 Å². The van der Waals surface area contributed by atoms with Gasteiger partial charge in [-0.15, -0.1) is 0 Å². The molecular weight excluding hydrogens is 210 g/mol. The molecule has 0 bridgehead atoms. The molecule has 3 nitrogen and oxygen atoms in total. The van der Waals surface area contributed by atoms with Crippen LogP contribution in [0.5, 0.6) is 0 Å². The van der Waals surface area contributed by atoms with Gasteiger partial charge in [-0.1, -0.05) is 18.6 Å². The summed E-state index contributed by atoms with van der Waals surface area (Å²) in [5, 5.41) is 0. The minimum atomic E-state index is -2.80. The SMILES string of the molecule is CCS(=O)(=O)CCC=C1CCC(N)CC1. The predicted octanol–water partition coefficient (Wildman–Crippen LogP) is 1.64. The van der Waals surface area contributed by atoms with Crippen molar-refractivity contribution in [3.05, 3.63) is 11.6 Å². The van der Waals surface area contributed by atoms with E-state index in [4.69, 9.17) is 5.73 Å². The van der Waals surface area contributed by atoms with E-state index in [0.717, 1.165) is 25.7 Å². The first-order valence-electron chi connectivity index (χ1n) is 5.67. The summed E-state index contributed by atoms with van der Waals surface area (Å²) in [6.07, 6.45) is 6.96. The van der Waals surface area contributed by atoms with Crippen molar-refractivity contribution in [2.24, 2.45) is 5.73 Å². The van der Waals surface area contributed by atoms with E-state index < -0.39 is 9.84 Å². The van der Waals surface area contributed by atoms with Gasteiger partial charge >= 0.3 is 0 Å². The Hall–Kier alpha value is -0.350. The number of hydrogen-bond acceptors (Lipinski definition) is 3. The lowest BCUT2D eigenvalue weighted by Crippen LogP contribution is -2.23. The van der Waals surface area contributed by atoms with Crippen molar-refractivity contribution in [3.8, 4) is 0 Å². The zero-order valence-corrected chi connectivity index (χ0v) is 10.2. The first-order chi connectivity index (χ1) is 7.03. The summed E-state index contributed by atoms with van der Waals surface area (Å²) in [4.78, 5) is 0. The van der Waals surface area contributed by atoms with Gasteiger partial charge in [-0.3, -0.25) is 0 Å². The summed E-state index contributed by atoms with van der Waals surface area (Å²) in [5.41, 5.74) is 7.18. The molecular formula is C11H21NO2S. The van der Waals surface area contributed by atoms with Crippen LogP contribution >= 0.6 is 0 Å². The molecule has 2 N–H and O–H groups in total. The van der Waals surface area contributed by atoms with Crippen LogP contribution in [-0.2, 0) is 9.84 Å². The van der Waals surface area contributed by atoms with Gasteiger partial charge in [-0.05, 0) is 32.1 Å². The fraction of sp³-hybridized carbons (Fsp3) is 0.818. The largest absolute Gasteiger partial charge is 0.328 e. The maximum Gasteiger partial charge on any atom is 0.150 e. The van der Waals surface area contributed by atoms with Crippen molar-refractivity contribution in [1.82, 2.24) is 0 Å². The first kappa shape index (κ1) is 12.7. The smallest absolute Gasteiger partial charge is 0.150 e. The van der Waals surface area contributed by atoms with Crippen LogP contribution < -0.4 is 5.73 Å². The summed E-state index contributed by atoms with van der Waals surface area (Å²) in [6.45, 7) is 1.70. The lowest BCUT2D eigenvalue weighted by atomic mass is 9.91. The Labute approximate surface area is 92.7 Å². The van der Waals surface area contributed by atoms with Crippen LogP contribution in [0.4, 0.5) is 0 Å². The summed E-state index contributed by atoms with van der Waals surface area (Å²) in [6, 6.07) is 0.349. The average Bonchev–Trinajstić information content (AvgIpc) is 2.21. The van der Waals surface area contributed by atoms with Crippen molar-refractivity contribution >= 4 is 9.84 Å². The van der Waals surface area contributed by atoms with Gasteiger partial charge in [0.1, 0.15) is 9.84 Å². The Bertz CT molecular complexity index is 309. The molecule has 1 fully saturated rings. The van der Waals surface area contributed by atoms with Gasteiger partial charge in [0.15, 0.2) is 0 Å². The summed E-state index contributed by atoms with van der Waals surface area (Å²) < 4.78 is 22.5. The molecule has 88 valence electrons. The zero-order chi connectivity index (χ0) is 11.3. The van der Waals surface area contributed by atoms with Crippen LogP contribution in [0.3, 0.4) is 0 Å². The molecule has 1 saturated carbocycles. The predicted molar refractivity (Wildman–Crippen MR) is 63.5 cm³/mol. The van der Waals surface area contributed by atoms with Crippen LogP contribution in [-0.4, -0.2) is 26.0 Å². The third-order valence-electron chi connectivity index (χ3n) is 2.97. The van der Waals surface area contributed by atoms with E-state index >= 15 is 0 Å². The van der Waals surface area contributed by atoms with Crippen LogP contribution in [0.25, 0.3) is 0 Å². The molecule has 15 heavy (non-hydrogen) atoms. The molecule has 0 radical (unpaired) electrons. The highest BCUT2D eigenvalue weighted by molar-refractivity contribution is 7.91. The molecule has 0 heterocycles. The molecule has 0 aliphatic heterocycles. The molecule has 0 unspecified atom stereocenters. The average molecular weight is 231 g/mol. The fourth-order valence-corrected chi connectivity index (χ4v) is 2.57. The minimum Gasteiger partial charge on any atom is -0.328 e. The van der Waals surface area contributed by atoms with Gasteiger partial charge in [0.2, 0.25) is 0 Å². The number of hydrogen-bond donors (Lipinski definition) is 1. The van der Waals surface area contributed by atoms with Gasteiger partial charge < -0.3 is 5.73 Å². The number of rotatable bonds is 4. The van der Waals surface area contributed by atoms with Gasteiger partial charge in [-0.2, -0.15) is 0 Å². The molecule has 0 spiro atoms. The Kier molecular flexibility index (Phi) is 4.80. The standard InChI is InChI=1S/C11H21NO2S/c1-2-15(13,14)9-3-4-10-5-7-11(12)8-6-10/h4,11H,2-3,5-9,12H2,1H3. The topological polar surface area (TPSA) is 60.2 Å². The quantitative estimate of drug-likeness (QED) is 0.748. The Balaban J connectivity index is 2.33. The Morgan fingerprint density at radius 1 is 1.40 bits per heavy atom. The van der Waals surface area contributed by atoms with E-state index in [1.165, 1.54) is 5.57 Å². The van der Waals surface area contributed by atoms with E-state index in [9.17, 15) is 8.42 Å². The maximum atomic E-state index is 11.2. The molecule has 4 heteroatoms. The second-order valence-electron chi connectivity index (χ2n) is 4.22. The first-order valence-corrected chi connectivity index (χ1v) is 7.49. The number of allylic oxidation sites excluding steroid dienone is 2. The van der Waals surface area contributed by atoms with Gasteiger partial charge in [0.25, 0.3) is 0 Å². The van der Waals surface area contributed by atoms with E-state index in [1.807, 2.05) is 0 Å². The molecule has 0 saturated heterocycles. The Morgan fingerprint density at radius 3 is 2.53 bits per heavy atom. The molecule has 0 aromatic carbocycles. The summed E-state index contributed by atoms with van der Waals surface area (Å²) in [7, 11) is -2.80. The lowest BCUT2D eigenvalue weighted by Gasteiger charge is -2.20. The van der Waals surface area contributed by atoms with E-state index in [2.05, 4.69) is 6.08 Å². The maximum absolute atomic E-state index is 11.2. The third kappa shape index (κ3) is 4.80. The summed E-state index contributed by atoms with van der Waals surface area (Å²) in [5.74, 6) is 0.542. The Morgan fingerprint density at radius 2 is 2.00 bits per heavy atom. The van der Waals surface area contributed by atoms with Crippen LogP contribution in [0.2, 0.25) is 0 Å². The van der Waals surface area contributed by atoms with Gasteiger partial charge in [0.05, 0.1) is 5.75 Å². The van der Waals surface area contributed by atoms with E-state index in [1.54, 1.807) is 6.92 Å². The fourth-order valence-electron chi connectivity index (χ4n) is 1.80. The van der Waals surface area contributed by atoms with Crippen molar-refractivity contribution in [3.63, 3.8) is 0 Å². The van der Waals surface area contributed by atoms with Crippen LogP contribution in [0, 0.1) is 0 Å². The monoisotopic (exact) mass is 231 g/mol. The highest BCUT2D eigenvalue weighted by Crippen LogP contribution is 2.22. The molecule has 0 aromatic rings. The van der Waals surface area contributed by atoms with Gasteiger partial charge in [0, 0.05) is 11.8 Å². The van der Waals surface area contributed by atoms with Crippen molar-refractivity contribution in [1.29, 1.82) is 0 Å². The molecule has 0 amide bonds. The van der Waals surface area contributed by atoms with Crippen molar-refractivity contribution in [2.75, 3.05) is 11.5 Å². The van der Waals surface area contributed by atoms with E-state index in [-0.39, 0.29) is 5.75 Å². The second kappa shape index (κ2) is 5.66. The zero-order valence-electron chi connectivity index (χ0n) is 9.41. The van der Waals surface area contributed by atoms with Crippen molar-refractivity contribution in [2.45, 2.75) is 45.1 Å². The molecule has 0 aromatic heterocycles. The molecule has 1 aliphatic rings. The van der Waals surface area contributed by atoms with Crippen molar-refractivity contribution < 1.29 is 8.42 Å².